The van der Waals surface area contributed by atoms with E-state index in [2.05, 4.69) is 15.5 Å². The summed E-state index contributed by atoms with van der Waals surface area (Å²) in [6, 6.07) is 0. The van der Waals surface area contributed by atoms with Crippen LogP contribution in [-0.4, -0.2) is 10.2 Å². The zero-order valence-electron chi connectivity index (χ0n) is 2.34. The van der Waals surface area contributed by atoms with Crippen molar-refractivity contribution in [2.75, 3.05) is 0 Å². The van der Waals surface area contributed by atoms with Crippen LogP contribution < -0.4 is 0 Å². The molecule has 1 N–H and O–H groups in total. The fourth-order valence-corrected chi connectivity index (χ4v) is 0. The van der Waals surface area contributed by atoms with Crippen LogP contribution in [0.2, 0.25) is 0 Å². The molecule has 0 aromatic heterocycles. The topological polar surface area (TPSA) is 20.2 Å². The van der Waals surface area contributed by atoms with E-state index < -0.39 is 5.07 Å². The average Bonchev–Trinajstić information content (AvgIpc) is 0.811. The van der Waals surface area contributed by atoms with Crippen molar-refractivity contribution in [2.45, 2.75) is 12.0 Å². The maximum absolute atomic E-state index is 7.89. The second kappa shape index (κ2) is 1.74. The fourth-order valence-electron chi connectivity index (χ4n) is 0. The average molecular weight is 104 g/mol. The standard InChI is InChI=1S/C2H5O.Ni/c1-2-3;/h2-3H,1H3;. The van der Waals surface area contributed by atoms with Crippen molar-refractivity contribution in [3.8, 4) is 0 Å². The van der Waals surface area contributed by atoms with Gasteiger partial charge >= 0.3 is 32.6 Å². The van der Waals surface area contributed by atoms with Gasteiger partial charge in [-0.25, -0.2) is 0 Å². The molecule has 0 saturated heterocycles. The molecule has 0 spiro atoms. The predicted octanol–water partition coefficient (Wildman–Crippen LogP) is -0.129. The van der Waals surface area contributed by atoms with Crippen molar-refractivity contribution in [1.82, 2.24) is 0 Å². The molecular weight excluding hydrogens is 98.7 g/mol. The summed E-state index contributed by atoms with van der Waals surface area (Å²) in [5.41, 5.74) is 0. The molecule has 0 aromatic carbocycles. The Balaban J connectivity index is 2.32. The van der Waals surface area contributed by atoms with Crippen LogP contribution in [0, 0.1) is 0 Å². The maximum atomic E-state index is 7.89. The van der Waals surface area contributed by atoms with Gasteiger partial charge < -0.3 is 0 Å². The Kier molecular flexibility index (Phi) is 1.94. The third-order valence-corrected chi connectivity index (χ3v) is 0. The van der Waals surface area contributed by atoms with Crippen LogP contribution in [-0.2, 0) is 15.5 Å². The Hall–Kier alpha value is 0.454. The Morgan fingerprint density at radius 1 is 2.00 bits per heavy atom. The van der Waals surface area contributed by atoms with Crippen molar-refractivity contribution in [3.63, 3.8) is 0 Å². The Bertz CT molecular complexity index is 10.8. The zero-order chi connectivity index (χ0) is 3.58. The molecule has 0 rings (SSSR count). The molecular formula is C2H5NiO. The van der Waals surface area contributed by atoms with Gasteiger partial charge in [0, 0.05) is 0 Å². The van der Waals surface area contributed by atoms with E-state index in [4.69, 9.17) is 5.11 Å². The first-order valence-electron chi connectivity index (χ1n) is 1.02. The van der Waals surface area contributed by atoms with Gasteiger partial charge in [0.15, 0.2) is 0 Å². The first-order valence-corrected chi connectivity index (χ1v) is 1.59. The Morgan fingerprint density at radius 2 is 2.00 bits per heavy atom. The van der Waals surface area contributed by atoms with Crippen LogP contribution in [0.15, 0.2) is 0 Å². The minimum absolute atomic E-state index is 0.542. The van der Waals surface area contributed by atoms with Crippen molar-refractivity contribution >= 4 is 0 Å². The normalized spacial score (nSPS) is 16.0. The van der Waals surface area contributed by atoms with E-state index in [-0.39, 0.29) is 0 Å². The molecule has 0 amide bonds. The van der Waals surface area contributed by atoms with Gasteiger partial charge in [-0.05, 0) is 0 Å². The van der Waals surface area contributed by atoms with E-state index in [1.54, 1.807) is 6.92 Å². The second-order valence-electron chi connectivity index (χ2n) is 0.522. The molecule has 1 atom stereocenters. The summed E-state index contributed by atoms with van der Waals surface area (Å²) in [5, 5.41) is 7.35. The van der Waals surface area contributed by atoms with Crippen molar-refractivity contribution in [3.05, 3.63) is 0 Å². The number of aliphatic hydroxyl groups excluding tert-OH is 1. The molecule has 1 nitrogen and oxygen atoms in total. The first-order chi connectivity index (χ1) is 1.73. The van der Waals surface area contributed by atoms with Gasteiger partial charge in [0.2, 0.25) is 0 Å². The SMILES string of the molecule is C[CH](O)[Ni]. The molecule has 0 bridgehead atoms. The van der Waals surface area contributed by atoms with E-state index in [0.717, 1.165) is 0 Å². The van der Waals surface area contributed by atoms with Crippen LogP contribution in [0.3, 0.4) is 0 Å². The van der Waals surface area contributed by atoms with Crippen LogP contribution in [0.5, 0.6) is 0 Å². The quantitative estimate of drug-likeness (QED) is 0.424. The van der Waals surface area contributed by atoms with E-state index in [0.29, 0.717) is 0 Å². The number of hydrogen-bond acceptors (Lipinski definition) is 1. The summed E-state index contributed by atoms with van der Waals surface area (Å²) in [4.78, 5) is 0. The second-order valence-corrected chi connectivity index (χ2v) is 1.35. The van der Waals surface area contributed by atoms with E-state index in [1.807, 2.05) is 0 Å². The molecule has 0 fully saturated rings. The third-order valence-electron chi connectivity index (χ3n) is 0. The van der Waals surface area contributed by atoms with Gasteiger partial charge in [0.1, 0.15) is 0 Å². The molecule has 0 aromatic rings. The number of hydrogen-bond donors (Lipinski definition) is 1. The summed E-state index contributed by atoms with van der Waals surface area (Å²) < 4.78 is 0. The van der Waals surface area contributed by atoms with Crippen LogP contribution in [0.1, 0.15) is 6.92 Å². The molecule has 0 radical (unpaired) electrons. The van der Waals surface area contributed by atoms with Gasteiger partial charge in [0.05, 0.1) is 0 Å². The van der Waals surface area contributed by atoms with Gasteiger partial charge in [-0.15, -0.1) is 0 Å². The van der Waals surface area contributed by atoms with E-state index >= 15 is 0 Å². The van der Waals surface area contributed by atoms with Gasteiger partial charge in [0.25, 0.3) is 0 Å². The molecule has 0 aliphatic heterocycles. The summed E-state index contributed by atoms with van der Waals surface area (Å²) in [6.45, 7) is 1.56. The monoisotopic (exact) mass is 103 g/mol. The summed E-state index contributed by atoms with van der Waals surface area (Å²) in [5.74, 6) is 0. The van der Waals surface area contributed by atoms with Crippen LogP contribution in [0.4, 0.5) is 0 Å². The van der Waals surface area contributed by atoms with Gasteiger partial charge in [-0.3, -0.25) is 0 Å². The molecule has 2 heteroatoms. The summed E-state index contributed by atoms with van der Waals surface area (Å²) in [7, 11) is 0. The molecule has 0 aliphatic rings. The van der Waals surface area contributed by atoms with Crippen LogP contribution >= 0.6 is 0 Å². The summed E-state index contributed by atoms with van der Waals surface area (Å²) in [6.07, 6.45) is 0. The van der Waals surface area contributed by atoms with E-state index in [9.17, 15) is 0 Å². The van der Waals surface area contributed by atoms with Crippen molar-refractivity contribution in [1.29, 1.82) is 0 Å². The van der Waals surface area contributed by atoms with Crippen molar-refractivity contribution < 1.29 is 20.6 Å². The van der Waals surface area contributed by atoms with E-state index in [1.165, 1.54) is 0 Å². The molecule has 0 saturated carbocycles. The molecule has 4 heavy (non-hydrogen) atoms. The van der Waals surface area contributed by atoms with Gasteiger partial charge in [-0.2, -0.15) is 0 Å². The molecule has 1 unspecified atom stereocenters. The molecule has 0 aliphatic carbocycles. The fraction of sp³-hybridized carbons (Fsp3) is 1.00. The van der Waals surface area contributed by atoms with Gasteiger partial charge in [-0.1, -0.05) is 0 Å². The molecule has 29 valence electrons. The Labute approximate surface area is 33.4 Å². The summed E-state index contributed by atoms with van der Waals surface area (Å²) >= 11 is 3.93. The first kappa shape index (κ1) is 4.45. The third kappa shape index (κ3) is 25.2. The number of aliphatic hydroxyl groups is 1. The Morgan fingerprint density at radius 3 is 2.00 bits per heavy atom. The minimum atomic E-state index is -0.542. The predicted molar refractivity (Wildman–Crippen MR) is 11.7 cm³/mol. The zero-order valence-corrected chi connectivity index (χ0v) is 3.33. The van der Waals surface area contributed by atoms with Crippen LogP contribution in [0.25, 0.3) is 0 Å². The number of rotatable bonds is 0. The van der Waals surface area contributed by atoms with Crippen molar-refractivity contribution in [2.24, 2.45) is 0 Å². The molecule has 0 heterocycles.